The van der Waals surface area contributed by atoms with Crippen molar-refractivity contribution >= 4 is 28.0 Å². The van der Waals surface area contributed by atoms with Gasteiger partial charge in [-0.3, -0.25) is 10.1 Å². The number of carbonyl (C=O) groups excluding carboxylic acids is 1. The first-order chi connectivity index (χ1) is 11.6. The lowest BCUT2D eigenvalue weighted by molar-refractivity contribution is 0.102. The Morgan fingerprint density at radius 3 is 3.00 bits per heavy atom. The lowest BCUT2D eigenvalue weighted by Gasteiger charge is -2.02. The molecule has 0 aliphatic rings. The first kappa shape index (κ1) is 14.6. The van der Waals surface area contributed by atoms with Crippen molar-refractivity contribution < 1.29 is 4.79 Å². The fourth-order valence-electron chi connectivity index (χ4n) is 2.54. The summed E-state index contributed by atoms with van der Waals surface area (Å²) in [6.07, 6.45) is 3.37. The molecule has 4 aromatic heterocycles. The van der Waals surface area contributed by atoms with Crippen molar-refractivity contribution in [3.8, 4) is 11.4 Å². The number of amides is 1. The zero-order valence-electron chi connectivity index (χ0n) is 13.1. The summed E-state index contributed by atoms with van der Waals surface area (Å²) in [7, 11) is 0. The molecule has 24 heavy (non-hydrogen) atoms. The molecule has 8 heteroatoms. The van der Waals surface area contributed by atoms with Crippen LogP contribution in [0.3, 0.4) is 0 Å². The van der Waals surface area contributed by atoms with Crippen LogP contribution in [0.1, 0.15) is 21.7 Å². The predicted octanol–water partition coefficient (Wildman–Crippen LogP) is 3.05. The van der Waals surface area contributed by atoms with E-state index in [1.54, 1.807) is 4.52 Å². The number of nitrogens with one attached hydrogen (secondary N) is 2. The van der Waals surface area contributed by atoms with Gasteiger partial charge in [0, 0.05) is 23.0 Å². The first-order valence-corrected chi connectivity index (χ1v) is 8.22. The average Bonchev–Trinajstić information content (AvgIpc) is 3.26. The van der Waals surface area contributed by atoms with Crippen molar-refractivity contribution in [3.63, 3.8) is 0 Å². The molecule has 0 aliphatic carbocycles. The van der Waals surface area contributed by atoms with E-state index in [0.29, 0.717) is 16.3 Å². The van der Waals surface area contributed by atoms with Gasteiger partial charge in [0.2, 0.25) is 0 Å². The highest BCUT2D eigenvalue weighted by atomic mass is 32.1. The molecule has 0 saturated carbocycles. The number of aryl methyl sites for hydroxylation is 2. The summed E-state index contributed by atoms with van der Waals surface area (Å²) in [4.78, 5) is 24.5. The van der Waals surface area contributed by atoms with Crippen LogP contribution in [0.25, 0.3) is 17.0 Å². The second-order valence-electron chi connectivity index (χ2n) is 5.41. The molecule has 0 fully saturated rings. The van der Waals surface area contributed by atoms with Gasteiger partial charge in [-0.15, -0.1) is 11.3 Å². The predicted molar refractivity (Wildman–Crippen MR) is 92.3 cm³/mol. The lowest BCUT2D eigenvalue weighted by Crippen LogP contribution is -2.12. The van der Waals surface area contributed by atoms with Gasteiger partial charge in [0.15, 0.2) is 10.8 Å². The van der Waals surface area contributed by atoms with Gasteiger partial charge in [-0.25, -0.2) is 14.5 Å². The maximum Gasteiger partial charge on any atom is 0.262 e. The Labute approximate surface area is 141 Å². The van der Waals surface area contributed by atoms with Crippen molar-refractivity contribution in [2.24, 2.45) is 0 Å². The average molecular weight is 338 g/mol. The zero-order chi connectivity index (χ0) is 16.7. The van der Waals surface area contributed by atoms with Crippen LogP contribution in [0.4, 0.5) is 5.13 Å². The van der Waals surface area contributed by atoms with Crippen LogP contribution in [0.5, 0.6) is 0 Å². The van der Waals surface area contributed by atoms with Crippen LogP contribution >= 0.6 is 11.3 Å². The van der Waals surface area contributed by atoms with Crippen molar-refractivity contribution in [1.82, 2.24) is 24.6 Å². The van der Waals surface area contributed by atoms with Crippen molar-refractivity contribution in [2.75, 3.05) is 5.32 Å². The number of carbonyl (C=O) groups is 1. The Balaban J connectivity index is 1.63. The molecule has 4 heterocycles. The summed E-state index contributed by atoms with van der Waals surface area (Å²) in [5.74, 6) is -0.269. The monoisotopic (exact) mass is 338 g/mol. The molecular formula is C16H14N6OS. The normalized spacial score (nSPS) is 11.1. The Hall–Kier alpha value is -3.00. The van der Waals surface area contributed by atoms with Gasteiger partial charge in [-0.05, 0) is 32.0 Å². The molecule has 1 amide bonds. The number of rotatable bonds is 3. The number of aromatic nitrogens is 5. The van der Waals surface area contributed by atoms with Gasteiger partial charge in [0.1, 0.15) is 5.56 Å². The lowest BCUT2D eigenvalue weighted by atomic mass is 10.3. The summed E-state index contributed by atoms with van der Waals surface area (Å²) < 4.78 is 1.66. The molecule has 0 unspecified atom stereocenters. The smallest absolute Gasteiger partial charge is 0.262 e. The molecule has 0 saturated heterocycles. The second kappa shape index (κ2) is 5.57. The molecule has 7 nitrogen and oxygen atoms in total. The molecule has 0 bridgehead atoms. The molecule has 120 valence electrons. The molecule has 0 atom stereocenters. The van der Waals surface area contributed by atoms with E-state index in [2.05, 4.69) is 25.4 Å². The van der Waals surface area contributed by atoms with Crippen molar-refractivity contribution in [1.29, 1.82) is 0 Å². The quantitative estimate of drug-likeness (QED) is 0.601. The summed E-state index contributed by atoms with van der Waals surface area (Å²) in [6.45, 7) is 3.82. The van der Waals surface area contributed by atoms with Gasteiger partial charge < -0.3 is 4.98 Å². The molecule has 4 rings (SSSR count). The van der Waals surface area contributed by atoms with Gasteiger partial charge in [-0.2, -0.15) is 5.10 Å². The minimum atomic E-state index is -0.269. The number of hydrogen-bond donors (Lipinski definition) is 2. The Kier molecular flexibility index (Phi) is 3.39. The molecule has 4 aromatic rings. The van der Waals surface area contributed by atoms with E-state index in [1.807, 2.05) is 43.6 Å². The van der Waals surface area contributed by atoms with E-state index < -0.39 is 0 Å². The van der Waals surface area contributed by atoms with Gasteiger partial charge >= 0.3 is 0 Å². The van der Waals surface area contributed by atoms with Gasteiger partial charge in [0.05, 0.1) is 17.6 Å². The minimum absolute atomic E-state index is 0.269. The SMILES string of the molecule is Cc1cc(C)n2ncc(C(=O)Nc3nc(-c4ccc[nH]4)cs3)c2n1. The molecular weight excluding hydrogens is 324 g/mol. The number of nitrogens with zero attached hydrogens (tertiary/aromatic N) is 4. The molecule has 0 radical (unpaired) electrons. The van der Waals surface area contributed by atoms with Crippen LogP contribution in [0, 0.1) is 13.8 Å². The van der Waals surface area contributed by atoms with E-state index in [-0.39, 0.29) is 5.91 Å². The Bertz CT molecular complexity index is 1030. The van der Waals surface area contributed by atoms with Crippen LogP contribution < -0.4 is 5.32 Å². The number of H-pyrrole nitrogens is 1. The third-order valence-corrected chi connectivity index (χ3v) is 4.38. The highest BCUT2D eigenvalue weighted by Gasteiger charge is 2.17. The van der Waals surface area contributed by atoms with Crippen LogP contribution in [0.2, 0.25) is 0 Å². The van der Waals surface area contributed by atoms with E-state index in [9.17, 15) is 4.79 Å². The molecule has 0 spiro atoms. The maximum absolute atomic E-state index is 12.6. The standard InChI is InChI=1S/C16H14N6OS/c1-9-6-10(2)22-14(19-9)11(7-18-22)15(23)21-16-20-13(8-24-16)12-4-3-5-17-12/h3-8,17H,1-2H3,(H,20,21,23). The largest absolute Gasteiger partial charge is 0.360 e. The second-order valence-corrected chi connectivity index (χ2v) is 6.27. The summed E-state index contributed by atoms with van der Waals surface area (Å²) in [6, 6.07) is 5.76. The Morgan fingerprint density at radius 1 is 1.33 bits per heavy atom. The van der Waals surface area contributed by atoms with Crippen LogP contribution in [-0.4, -0.2) is 30.5 Å². The highest BCUT2D eigenvalue weighted by molar-refractivity contribution is 7.14. The van der Waals surface area contributed by atoms with Crippen LogP contribution in [-0.2, 0) is 0 Å². The molecule has 0 aliphatic heterocycles. The third-order valence-electron chi connectivity index (χ3n) is 3.62. The molecule has 2 N–H and O–H groups in total. The van der Waals surface area contributed by atoms with Gasteiger partial charge in [0.25, 0.3) is 5.91 Å². The number of fused-ring (bicyclic) bond motifs is 1. The zero-order valence-corrected chi connectivity index (χ0v) is 13.9. The number of aromatic amines is 1. The van der Waals surface area contributed by atoms with E-state index in [1.165, 1.54) is 17.5 Å². The maximum atomic E-state index is 12.6. The third kappa shape index (κ3) is 2.46. The van der Waals surface area contributed by atoms with E-state index >= 15 is 0 Å². The minimum Gasteiger partial charge on any atom is -0.360 e. The Morgan fingerprint density at radius 2 is 2.21 bits per heavy atom. The van der Waals surface area contributed by atoms with Crippen molar-refractivity contribution in [2.45, 2.75) is 13.8 Å². The summed E-state index contributed by atoms with van der Waals surface area (Å²) >= 11 is 1.37. The molecule has 0 aromatic carbocycles. The van der Waals surface area contributed by atoms with Crippen LogP contribution in [0.15, 0.2) is 36.0 Å². The van der Waals surface area contributed by atoms with E-state index in [0.717, 1.165) is 22.8 Å². The van der Waals surface area contributed by atoms with Gasteiger partial charge in [-0.1, -0.05) is 0 Å². The van der Waals surface area contributed by atoms with Crippen molar-refractivity contribution in [3.05, 3.63) is 52.9 Å². The topological polar surface area (TPSA) is 88.0 Å². The number of hydrogen-bond acceptors (Lipinski definition) is 5. The fraction of sp³-hybridized carbons (Fsp3) is 0.125. The number of thiazole rings is 1. The first-order valence-electron chi connectivity index (χ1n) is 7.34. The highest BCUT2D eigenvalue weighted by Crippen LogP contribution is 2.24. The summed E-state index contributed by atoms with van der Waals surface area (Å²) in [5.41, 5.74) is 4.46. The van der Waals surface area contributed by atoms with E-state index in [4.69, 9.17) is 0 Å². The fourth-order valence-corrected chi connectivity index (χ4v) is 3.25. The summed E-state index contributed by atoms with van der Waals surface area (Å²) in [5, 5.41) is 9.49. The number of anilines is 1.